The Morgan fingerprint density at radius 3 is 2.46 bits per heavy atom. The van der Waals surface area contributed by atoms with Gasteiger partial charge in [0.2, 0.25) is 5.91 Å². The summed E-state index contributed by atoms with van der Waals surface area (Å²) in [6.07, 6.45) is 2.02. The molecule has 1 N–H and O–H groups in total. The molecule has 0 spiro atoms. The van der Waals surface area contributed by atoms with Gasteiger partial charge < -0.3 is 10.1 Å². The molecule has 0 bridgehead atoms. The summed E-state index contributed by atoms with van der Waals surface area (Å²) in [5, 5.41) is 1.84. The first-order valence-corrected chi connectivity index (χ1v) is 8.92. The lowest BCUT2D eigenvalue weighted by molar-refractivity contribution is -0.143. The van der Waals surface area contributed by atoms with E-state index in [1.54, 1.807) is 6.92 Å². The van der Waals surface area contributed by atoms with Crippen molar-refractivity contribution < 1.29 is 23.1 Å². The number of anilines is 1. The summed E-state index contributed by atoms with van der Waals surface area (Å²) >= 11 is 0.970. The number of hydrogen-bond donors (Lipinski definition) is 1. The summed E-state index contributed by atoms with van der Waals surface area (Å²) in [5.41, 5.74) is -0.0888. The second-order valence-corrected chi connectivity index (χ2v) is 6.49. The zero-order valence-corrected chi connectivity index (χ0v) is 15.0. The fraction of sp³-hybridized carbons (Fsp3) is 0.529. The Kier molecular flexibility index (Phi) is 8.74. The Morgan fingerprint density at radius 1 is 1.17 bits per heavy atom. The van der Waals surface area contributed by atoms with Crippen LogP contribution in [0.15, 0.2) is 17.0 Å². The molecule has 0 saturated carbocycles. The minimum absolute atomic E-state index is 0.0888. The summed E-state index contributed by atoms with van der Waals surface area (Å²) in [6, 6.07) is 1.94. The van der Waals surface area contributed by atoms with Crippen LogP contribution in [0, 0.1) is 11.6 Å². The van der Waals surface area contributed by atoms with Crippen LogP contribution in [0.3, 0.4) is 0 Å². The number of benzene rings is 1. The van der Waals surface area contributed by atoms with Crippen LogP contribution in [-0.2, 0) is 14.3 Å². The quantitative estimate of drug-likeness (QED) is 0.520. The molecule has 0 fully saturated rings. The number of nitrogens with one attached hydrogen (secondary N) is 1. The fourth-order valence-electron chi connectivity index (χ4n) is 1.90. The molecule has 134 valence electrons. The minimum Gasteiger partial charge on any atom is -0.465 e. The van der Waals surface area contributed by atoms with Crippen molar-refractivity contribution >= 4 is 29.3 Å². The van der Waals surface area contributed by atoms with E-state index in [9.17, 15) is 18.4 Å². The van der Waals surface area contributed by atoms with Crippen molar-refractivity contribution in [2.24, 2.45) is 0 Å². The van der Waals surface area contributed by atoms with Gasteiger partial charge in [0.05, 0.1) is 12.3 Å². The maximum atomic E-state index is 14.0. The predicted octanol–water partition coefficient (Wildman–Crippen LogP) is 4.53. The summed E-state index contributed by atoms with van der Waals surface area (Å²) < 4.78 is 32.9. The van der Waals surface area contributed by atoms with Gasteiger partial charge in [0.25, 0.3) is 0 Å². The molecule has 0 aromatic heterocycles. The van der Waals surface area contributed by atoms with Gasteiger partial charge in [0.1, 0.15) is 16.9 Å². The van der Waals surface area contributed by atoms with Crippen molar-refractivity contribution in [3.05, 3.63) is 23.8 Å². The van der Waals surface area contributed by atoms with Crippen molar-refractivity contribution in [1.29, 1.82) is 0 Å². The molecule has 1 aromatic rings. The number of thioether (sulfide) groups is 1. The van der Waals surface area contributed by atoms with Crippen LogP contribution in [0.1, 0.15) is 46.5 Å². The largest absolute Gasteiger partial charge is 0.465 e. The van der Waals surface area contributed by atoms with Crippen LogP contribution in [0.4, 0.5) is 14.5 Å². The normalized spacial score (nSPS) is 11.9. The Hall–Kier alpha value is -1.63. The Balaban J connectivity index is 2.93. The molecule has 0 radical (unpaired) electrons. The second-order valence-electron chi connectivity index (χ2n) is 5.24. The van der Waals surface area contributed by atoms with E-state index in [0.29, 0.717) is 31.9 Å². The van der Waals surface area contributed by atoms with Crippen LogP contribution in [-0.4, -0.2) is 23.7 Å². The molecule has 4 nitrogen and oxygen atoms in total. The van der Waals surface area contributed by atoms with E-state index in [1.807, 2.05) is 13.8 Å². The van der Waals surface area contributed by atoms with Crippen molar-refractivity contribution in [2.45, 2.75) is 56.6 Å². The monoisotopic (exact) mass is 359 g/mol. The Morgan fingerprint density at radius 2 is 1.88 bits per heavy atom. The summed E-state index contributed by atoms with van der Waals surface area (Å²) in [7, 11) is 0. The second kappa shape index (κ2) is 10.3. The van der Waals surface area contributed by atoms with Crippen LogP contribution in [0.2, 0.25) is 0 Å². The predicted molar refractivity (Wildman–Crippen MR) is 91.1 cm³/mol. The molecule has 0 aliphatic rings. The van der Waals surface area contributed by atoms with Crippen molar-refractivity contribution in [3.8, 4) is 0 Å². The molecule has 0 aliphatic carbocycles. The number of esters is 1. The van der Waals surface area contributed by atoms with Gasteiger partial charge in [0.15, 0.2) is 0 Å². The number of ether oxygens (including phenoxy) is 1. The molecule has 0 heterocycles. The lowest BCUT2D eigenvalue weighted by Crippen LogP contribution is -2.20. The minimum atomic E-state index is -0.845. The van der Waals surface area contributed by atoms with Gasteiger partial charge in [-0.15, -0.1) is 11.8 Å². The third-order valence-corrected chi connectivity index (χ3v) is 4.50. The van der Waals surface area contributed by atoms with Gasteiger partial charge in [-0.25, -0.2) is 8.78 Å². The number of carbonyl (C=O) groups excluding carboxylic acids is 2. The number of amides is 1. The maximum absolute atomic E-state index is 14.0. The summed E-state index contributed by atoms with van der Waals surface area (Å²) in [6.45, 7) is 5.80. The molecule has 1 aromatic carbocycles. The Bertz CT molecular complexity index is 581. The molecule has 7 heteroatoms. The summed E-state index contributed by atoms with van der Waals surface area (Å²) in [4.78, 5) is 23.7. The third kappa shape index (κ3) is 6.11. The molecular formula is C17H23F2NO3S. The van der Waals surface area contributed by atoms with E-state index in [-0.39, 0.29) is 22.9 Å². The van der Waals surface area contributed by atoms with E-state index >= 15 is 0 Å². The van der Waals surface area contributed by atoms with Crippen molar-refractivity contribution in [1.82, 2.24) is 0 Å². The lowest BCUT2D eigenvalue weighted by Gasteiger charge is -2.15. The van der Waals surface area contributed by atoms with Crippen LogP contribution in [0.25, 0.3) is 0 Å². The van der Waals surface area contributed by atoms with E-state index < -0.39 is 22.9 Å². The summed E-state index contributed by atoms with van der Waals surface area (Å²) in [5.74, 6) is -2.38. The van der Waals surface area contributed by atoms with Crippen molar-refractivity contribution in [2.75, 3.05) is 11.9 Å². The molecule has 1 atom stereocenters. The Labute approximate surface area is 145 Å². The SMILES string of the molecule is CCCOC(=O)C(CC)Sc1cc(NC(=O)CCC)c(F)cc1F. The zero-order chi connectivity index (χ0) is 18.1. The average Bonchev–Trinajstić information content (AvgIpc) is 2.54. The van der Waals surface area contributed by atoms with Crippen LogP contribution >= 0.6 is 11.8 Å². The molecule has 1 amide bonds. The number of hydrogen-bond acceptors (Lipinski definition) is 4. The highest BCUT2D eigenvalue weighted by molar-refractivity contribution is 8.00. The first-order chi connectivity index (χ1) is 11.4. The smallest absolute Gasteiger partial charge is 0.319 e. The fourth-order valence-corrected chi connectivity index (χ4v) is 2.90. The molecule has 0 aliphatic heterocycles. The van der Waals surface area contributed by atoms with Gasteiger partial charge in [-0.1, -0.05) is 20.8 Å². The molecule has 24 heavy (non-hydrogen) atoms. The van der Waals surface area contributed by atoms with Gasteiger partial charge in [-0.3, -0.25) is 9.59 Å². The molecule has 0 saturated heterocycles. The van der Waals surface area contributed by atoms with E-state index in [2.05, 4.69) is 5.32 Å². The van der Waals surface area contributed by atoms with Crippen molar-refractivity contribution in [3.63, 3.8) is 0 Å². The number of carbonyl (C=O) groups is 2. The standard InChI is InChI=1S/C17H23F2NO3S/c1-4-7-16(21)20-13-10-15(12(19)9-11(13)18)24-14(6-3)17(22)23-8-5-2/h9-10,14H,4-8H2,1-3H3,(H,20,21). The molecule has 1 unspecified atom stereocenters. The lowest BCUT2D eigenvalue weighted by atomic mass is 10.2. The average molecular weight is 359 g/mol. The first-order valence-electron chi connectivity index (χ1n) is 8.05. The first kappa shape index (κ1) is 20.4. The van der Waals surface area contributed by atoms with Crippen LogP contribution in [0.5, 0.6) is 0 Å². The van der Waals surface area contributed by atoms with E-state index in [4.69, 9.17) is 4.74 Å². The topological polar surface area (TPSA) is 55.4 Å². The zero-order valence-electron chi connectivity index (χ0n) is 14.2. The number of rotatable bonds is 9. The van der Waals surface area contributed by atoms with E-state index in [1.165, 1.54) is 6.07 Å². The highest BCUT2D eigenvalue weighted by Crippen LogP contribution is 2.32. The third-order valence-electron chi connectivity index (χ3n) is 3.12. The van der Waals surface area contributed by atoms with Crippen LogP contribution < -0.4 is 5.32 Å². The highest BCUT2D eigenvalue weighted by Gasteiger charge is 2.22. The van der Waals surface area contributed by atoms with Gasteiger partial charge in [-0.2, -0.15) is 0 Å². The highest BCUT2D eigenvalue weighted by atomic mass is 32.2. The maximum Gasteiger partial charge on any atom is 0.319 e. The number of halogens is 2. The molecule has 1 rings (SSSR count). The van der Waals surface area contributed by atoms with E-state index in [0.717, 1.165) is 11.8 Å². The van der Waals surface area contributed by atoms with Gasteiger partial charge >= 0.3 is 5.97 Å². The van der Waals surface area contributed by atoms with Gasteiger partial charge in [0, 0.05) is 17.4 Å². The molecular weight excluding hydrogens is 336 g/mol. The van der Waals surface area contributed by atoms with Gasteiger partial charge in [-0.05, 0) is 25.3 Å².